The van der Waals surface area contributed by atoms with E-state index in [1.54, 1.807) is 18.2 Å². The minimum atomic E-state index is -0.257. The van der Waals surface area contributed by atoms with Crippen LogP contribution in [0.1, 0.15) is 37.9 Å². The van der Waals surface area contributed by atoms with E-state index < -0.39 is 0 Å². The Kier molecular flexibility index (Phi) is 6.48. The van der Waals surface area contributed by atoms with Gasteiger partial charge in [0.1, 0.15) is 11.6 Å². The summed E-state index contributed by atoms with van der Waals surface area (Å²) in [7, 11) is 0. The zero-order valence-electron chi connectivity index (χ0n) is 17.0. The number of hydrogen-bond donors (Lipinski definition) is 1. The largest absolute Gasteiger partial charge is 0.360 e. The minimum absolute atomic E-state index is 0.209. The maximum Gasteiger partial charge on any atom is 0.258 e. The molecule has 0 saturated carbocycles. The molecule has 0 unspecified atom stereocenters. The molecule has 8 heteroatoms. The summed E-state index contributed by atoms with van der Waals surface area (Å²) in [6.45, 7) is 3.79. The summed E-state index contributed by atoms with van der Waals surface area (Å²) in [5, 5.41) is 7.36. The van der Waals surface area contributed by atoms with Crippen LogP contribution >= 0.6 is 23.1 Å². The van der Waals surface area contributed by atoms with Gasteiger partial charge < -0.3 is 4.52 Å². The van der Waals surface area contributed by atoms with Gasteiger partial charge in [-0.15, -0.1) is 23.1 Å². The lowest BCUT2D eigenvalue weighted by Crippen LogP contribution is -2.12. The number of nitrogens with one attached hydrogen (secondary N) is 1. The molecule has 0 aliphatic heterocycles. The van der Waals surface area contributed by atoms with Crippen LogP contribution in [0.5, 0.6) is 0 Å². The highest BCUT2D eigenvalue weighted by Gasteiger charge is 2.16. The molecule has 2 heterocycles. The Morgan fingerprint density at radius 3 is 2.68 bits per heavy atom. The second-order valence-corrected chi connectivity index (χ2v) is 9.11. The first-order chi connectivity index (χ1) is 15.0. The zero-order chi connectivity index (χ0) is 21.8. The average Bonchev–Trinajstić information content (AvgIpc) is 3.33. The molecule has 158 valence electrons. The normalized spacial score (nSPS) is 10.9. The molecule has 0 radical (unpaired) electrons. The van der Waals surface area contributed by atoms with E-state index >= 15 is 0 Å². The lowest BCUT2D eigenvalue weighted by Gasteiger charge is -2.07. The van der Waals surface area contributed by atoms with Gasteiger partial charge in [0.15, 0.2) is 5.13 Å². The predicted molar refractivity (Wildman–Crippen MR) is 121 cm³/mol. The number of amides is 1. The maximum absolute atomic E-state index is 13.1. The van der Waals surface area contributed by atoms with Crippen LogP contribution in [0.3, 0.4) is 0 Å². The van der Waals surface area contributed by atoms with Gasteiger partial charge in [-0.3, -0.25) is 10.1 Å². The van der Waals surface area contributed by atoms with E-state index in [-0.39, 0.29) is 11.7 Å². The number of anilines is 1. The lowest BCUT2D eigenvalue weighted by atomic mass is 10.1. The third kappa shape index (κ3) is 5.39. The van der Waals surface area contributed by atoms with Crippen molar-refractivity contribution in [2.45, 2.75) is 30.9 Å². The predicted octanol–water partition coefficient (Wildman–Crippen LogP) is 6.02. The molecule has 31 heavy (non-hydrogen) atoms. The highest BCUT2D eigenvalue weighted by atomic mass is 32.2. The molecule has 1 amide bonds. The van der Waals surface area contributed by atoms with Crippen LogP contribution in [0, 0.1) is 19.7 Å². The molecular formula is C23H20FN3O2S2. The van der Waals surface area contributed by atoms with Crippen molar-refractivity contribution in [3.8, 4) is 0 Å². The first-order valence-corrected chi connectivity index (χ1v) is 11.4. The quantitative estimate of drug-likeness (QED) is 0.347. The van der Waals surface area contributed by atoms with E-state index in [1.165, 1.54) is 35.2 Å². The summed E-state index contributed by atoms with van der Waals surface area (Å²) in [5.41, 5.74) is 3.26. The van der Waals surface area contributed by atoms with Gasteiger partial charge in [-0.2, -0.15) is 0 Å². The monoisotopic (exact) mass is 453 g/mol. The summed E-state index contributed by atoms with van der Waals surface area (Å²) in [5.74, 6) is 0.883. The zero-order valence-corrected chi connectivity index (χ0v) is 18.6. The number of rotatable bonds is 7. The van der Waals surface area contributed by atoms with Gasteiger partial charge in [0, 0.05) is 22.3 Å². The number of nitrogens with zero attached hydrogens (tertiary/aromatic N) is 2. The minimum Gasteiger partial charge on any atom is -0.360 e. The van der Waals surface area contributed by atoms with Crippen molar-refractivity contribution < 1.29 is 13.7 Å². The van der Waals surface area contributed by atoms with Gasteiger partial charge in [-0.1, -0.05) is 29.4 Å². The molecule has 0 aliphatic rings. The summed E-state index contributed by atoms with van der Waals surface area (Å²) in [4.78, 5) is 19.3. The highest BCUT2D eigenvalue weighted by molar-refractivity contribution is 7.98. The van der Waals surface area contributed by atoms with Gasteiger partial charge in [0.2, 0.25) is 0 Å². The van der Waals surface area contributed by atoms with E-state index in [9.17, 15) is 9.18 Å². The van der Waals surface area contributed by atoms with Crippen LogP contribution in [-0.4, -0.2) is 16.0 Å². The molecule has 0 spiro atoms. The van der Waals surface area contributed by atoms with E-state index in [0.717, 1.165) is 32.5 Å². The summed E-state index contributed by atoms with van der Waals surface area (Å²) in [6.07, 6.45) is 0.642. The van der Waals surface area contributed by atoms with Crippen molar-refractivity contribution in [1.29, 1.82) is 0 Å². The molecule has 2 aromatic carbocycles. The average molecular weight is 454 g/mol. The van der Waals surface area contributed by atoms with E-state index in [2.05, 4.69) is 15.5 Å². The van der Waals surface area contributed by atoms with Crippen molar-refractivity contribution in [3.05, 3.63) is 93.6 Å². The lowest BCUT2D eigenvalue weighted by molar-refractivity contribution is 0.102. The number of benzene rings is 2. The van der Waals surface area contributed by atoms with Crippen molar-refractivity contribution in [3.63, 3.8) is 0 Å². The second kappa shape index (κ2) is 9.45. The van der Waals surface area contributed by atoms with Crippen LogP contribution < -0.4 is 5.32 Å². The first-order valence-electron chi connectivity index (χ1n) is 9.64. The van der Waals surface area contributed by atoms with Crippen LogP contribution in [-0.2, 0) is 12.2 Å². The third-order valence-electron chi connectivity index (χ3n) is 4.57. The molecule has 0 atom stereocenters. The van der Waals surface area contributed by atoms with Crippen LogP contribution in [0.25, 0.3) is 0 Å². The number of halogens is 1. The Balaban J connectivity index is 1.45. The highest BCUT2D eigenvalue weighted by Crippen LogP contribution is 2.29. The number of carbonyl (C=O) groups is 1. The Labute approximate surface area is 187 Å². The van der Waals surface area contributed by atoms with Crippen LogP contribution in [0.15, 0.2) is 64.0 Å². The fourth-order valence-corrected chi connectivity index (χ4v) is 4.93. The van der Waals surface area contributed by atoms with Gasteiger partial charge in [0.25, 0.3) is 5.91 Å². The molecular weight excluding hydrogens is 433 g/mol. The van der Waals surface area contributed by atoms with Crippen LogP contribution in [0.4, 0.5) is 9.52 Å². The molecule has 0 bridgehead atoms. The van der Waals surface area contributed by atoms with E-state index in [4.69, 9.17) is 4.52 Å². The Morgan fingerprint density at radius 1 is 1.16 bits per heavy atom. The Morgan fingerprint density at radius 2 is 1.94 bits per heavy atom. The fraction of sp³-hybridized carbons (Fsp3) is 0.174. The summed E-state index contributed by atoms with van der Waals surface area (Å²) in [6, 6.07) is 15.7. The van der Waals surface area contributed by atoms with Crippen molar-refractivity contribution in [1.82, 2.24) is 10.1 Å². The van der Waals surface area contributed by atoms with Gasteiger partial charge in [0.05, 0.1) is 22.7 Å². The number of thiazole rings is 1. The molecule has 1 N–H and O–H groups in total. The second-order valence-electron chi connectivity index (χ2n) is 7.00. The molecule has 4 rings (SSSR count). The number of aromatic nitrogens is 2. The van der Waals surface area contributed by atoms with E-state index in [0.29, 0.717) is 22.9 Å². The van der Waals surface area contributed by atoms with Gasteiger partial charge >= 0.3 is 0 Å². The number of hydrogen-bond acceptors (Lipinski definition) is 6. The first kappa shape index (κ1) is 21.3. The fourth-order valence-electron chi connectivity index (χ4n) is 3.01. The smallest absolute Gasteiger partial charge is 0.258 e. The Bertz CT molecular complexity index is 1200. The number of thioether (sulfide) groups is 1. The number of carbonyl (C=O) groups excluding carboxylic acids is 1. The topological polar surface area (TPSA) is 68.0 Å². The molecule has 2 aromatic heterocycles. The van der Waals surface area contributed by atoms with Crippen molar-refractivity contribution in [2.75, 3.05) is 5.32 Å². The van der Waals surface area contributed by atoms with Crippen LogP contribution in [0.2, 0.25) is 0 Å². The standard InChI is InChI=1S/C23H20FN3O2S2/c1-14-11-18(29-27-14)13-30-20-6-4-3-5-19(20)22(28)26-23-25-15(2)21(31-23)12-16-7-9-17(24)10-8-16/h3-11H,12-13H2,1-2H3,(H,25,26,28). The molecule has 5 nitrogen and oxygen atoms in total. The van der Waals surface area contributed by atoms with Crippen molar-refractivity contribution in [2.24, 2.45) is 0 Å². The molecule has 0 fully saturated rings. The van der Waals surface area contributed by atoms with Gasteiger partial charge in [-0.05, 0) is 43.7 Å². The molecule has 0 saturated heterocycles. The van der Waals surface area contributed by atoms with Gasteiger partial charge in [-0.25, -0.2) is 9.37 Å². The molecule has 0 aliphatic carbocycles. The number of aryl methyl sites for hydroxylation is 2. The third-order valence-corrected chi connectivity index (χ3v) is 6.74. The maximum atomic E-state index is 13.1. The SMILES string of the molecule is Cc1cc(CSc2ccccc2C(=O)Nc2nc(C)c(Cc3ccc(F)cc3)s2)on1. The Hall–Kier alpha value is -2.97. The summed E-state index contributed by atoms with van der Waals surface area (Å²) < 4.78 is 18.4. The van der Waals surface area contributed by atoms with Crippen molar-refractivity contribution >= 4 is 34.1 Å². The molecule has 4 aromatic rings. The summed E-state index contributed by atoms with van der Waals surface area (Å²) >= 11 is 2.95. The van der Waals surface area contributed by atoms with E-state index in [1.807, 2.05) is 38.1 Å².